The molecular formula is C23H21NO5. The number of rotatable bonds is 4. The Morgan fingerprint density at radius 3 is 2.17 bits per heavy atom. The van der Waals surface area contributed by atoms with Crippen LogP contribution >= 0.6 is 0 Å². The number of anilines is 1. The number of methoxy groups -OCH3 is 2. The zero-order valence-electron chi connectivity index (χ0n) is 16.7. The fourth-order valence-electron chi connectivity index (χ4n) is 3.26. The average molecular weight is 391 g/mol. The number of hydrogen-bond acceptors (Lipinski definition) is 5. The average Bonchev–Trinajstić information content (AvgIpc) is 2.97. The predicted octanol–water partition coefficient (Wildman–Crippen LogP) is 3.66. The Morgan fingerprint density at radius 2 is 1.59 bits per heavy atom. The summed E-state index contributed by atoms with van der Waals surface area (Å²) < 4.78 is 9.61. The van der Waals surface area contributed by atoms with Gasteiger partial charge in [-0.1, -0.05) is 24.3 Å². The van der Waals surface area contributed by atoms with E-state index in [9.17, 15) is 14.4 Å². The molecular weight excluding hydrogens is 370 g/mol. The number of aryl methyl sites for hydroxylation is 1. The summed E-state index contributed by atoms with van der Waals surface area (Å²) in [4.78, 5) is 38.8. The molecule has 1 heterocycles. The highest BCUT2D eigenvalue weighted by molar-refractivity contribution is 6.23. The maximum atomic E-state index is 13.2. The number of carbonyl (C=O) groups excluding carboxylic acids is 3. The van der Waals surface area contributed by atoms with Gasteiger partial charge in [-0.05, 0) is 55.3 Å². The van der Waals surface area contributed by atoms with Crippen LogP contribution in [-0.2, 0) is 19.1 Å². The lowest BCUT2D eigenvalue weighted by Gasteiger charge is -2.18. The minimum Gasteiger partial charge on any atom is -0.465 e. The zero-order valence-corrected chi connectivity index (χ0v) is 16.7. The Hall–Kier alpha value is -3.67. The van der Waals surface area contributed by atoms with Crippen molar-refractivity contribution in [3.63, 3.8) is 0 Å². The van der Waals surface area contributed by atoms with Crippen LogP contribution in [0.2, 0.25) is 0 Å². The number of allylic oxidation sites excluding steroid dienone is 1. The highest BCUT2D eigenvalue weighted by Crippen LogP contribution is 2.35. The molecule has 0 radical (unpaired) electrons. The predicted molar refractivity (Wildman–Crippen MR) is 109 cm³/mol. The van der Waals surface area contributed by atoms with Gasteiger partial charge in [0, 0.05) is 11.4 Å². The molecule has 148 valence electrons. The van der Waals surface area contributed by atoms with Gasteiger partial charge in [-0.15, -0.1) is 0 Å². The molecule has 6 nitrogen and oxygen atoms in total. The molecule has 6 heteroatoms. The second-order valence-electron chi connectivity index (χ2n) is 6.60. The molecule has 2 aromatic carbocycles. The van der Waals surface area contributed by atoms with Gasteiger partial charge in [-0.3, -0.25) is 9.69 Å². The van der Waals surface area contributed by atoms with Crippen LogP contribution in [0.15, 0.2) is 65.4 Å². The molecule has 0 aliphatic carbocycles. The number of amides is 1. The van der Waals surface area contributed by atoms with Gasteiger partial charge in [0.05, 0.1) is 30.9 Å². The first-order valence-corrected chi connectivity index (χ1v) is 8.98. The maximum absolute atomic E-state index is 13.2. The van der Waals surface area contributed by atoms with Gasteiger partial charge in [0.2, 0.25) is 0 Å². The van der Waals surface area contributed by atoms with Gasteiger partial charge in [0.25, 0.3) is 5.91 Å². The quantitative estimate of drug-likeness (QED) is 0.587. The summed E-state index contributed by atoms with van der Waals surface area (Å²) in [5.74, 6) is -1.34. The van der Waals surface area contributed by atoms with Crippen LogP contribution < -0.4 is 4.90 Å². The standard InChI is InChI=1S/C23H21NO5/c1-14-6-5-7-18(12-14)24-15(2)20(23(27)29-4)19(21(24)25)13-16-8-10-17(11-9-16)22(26)28-3/h5-13H,1-4H3/b19-13-. The molecule has 0 unspecified atom stereocenters. The van der Waals surface area contributed by atoms with E-state index in [1.165, 1.54) is 19.1 Å². The molecule has 0 fully saturated rings. The molecule has 0 saturated heterocycles. The van der Waals surface area contributed by atoms with Gasteiger partial charge >= 0.3 is 11.9 Å². The molecule has 0 spiro atoms. The first kappa shape index (κ1) is 20.1. The van der Waals surface area contributed by atoms with Crippen molar-refractivity contribution in [1.82, 2.24) is 0 Å². The van der Waals surface area contributed by atoms with Crippen LogP contribution in [0.3, 0.4) is 0 Å². The third kappa shape index (κ3) is 3.82. The molecule has 0 saturated carbocycles. The summed E-state index contributed by atoms with van der Waals surface area (Å²) in [6.45, 7) is 3.65. The number of hydrogen-bond donors (Lipinski definition) is 0. The van der Waals surface area contributed by atoms with Gasteiger partial charge in [0.1, 0.15) is 0 Å². The van der Waals surface area contributed by atoms with Crippen LogP contribution in [0.1, 0.15) is 28.4 Å². The van der Waals surface area contributed by atoms with Crippen molar-refractivity contribution in [3.8, 4) is 0 Å². The molecule has 29 heavy (non-hydrogen) atoms. The number of benzene rings is 2. The molecule has 0 atom stereocenters. The first-order valence-electron chi connectivity index (χ1n) is 8.98. The van der Waals surface area contributed by atoms with Crippen molar-refractivity contribution < 1.29 is 23.9 Å². The highest BCUT2D eigenvalue weighted by Gasteiger charge is 2.37. The van der Waals surface area contributed by atoms with Crippen LogP contribution in [-0.4, -0.2) is 32.1 Å². The van der Waals surface area contributed by atoms with E-state index in [2.05, 4.69) is 0 Å². The third-order valence-electron chi connectivity index (χ3n) is 4.69. The van der Waals surface area contributed by atoms with Gasteiger partial charge in [-0.2, -0.15) is 0 Å². The van der Waals surface area contributed by atoms with Gasteiger partial charge < -0.3 is 9.47 Å². The topological polar surface area (TPSA) is 72.9 Å². The van der Waals surface area contributed by atoms with E-state index in [1.54, 1.807) is 37.3 Å². The van der Waals surface area contributed by atoms with E-state index in [4.69, 9.17) is 9.47 Å². The zero-order chi connectivity index (χ0) is 21.1. The van der Waals surface area contributed by atoms with Gasteiger partial charge in [0.15, 0.2) is 0 Å². The molecule has 0 N–H and O–H groups in total. The van der Waals surface area contributed by atoms with Crippen molar-refractivity contribution in [2.75, 3.05) is 19.1 Å². The number of ether oxygens (including phenoxy) is 2. The second kappa shape index (κ2) is 8.14. The number of nitrogens with zero attached hydrogens (tertiary/aromatic N) is 1. The van der Waals surface area contributed by atoms with Crippen LogP contribution in [0, 0.1) is 6.92 Å². The van der Waals surface area contributed by atoms with E-state index < -0.39 is 11.9 Å². The van der Waals surface area contributed by atoms with E-state index in [0.29, 0.717) is 22.5 Å². The maximum Gasteiger partial charge on any atom is 0.340 e. The molecule has 1 aliphatic rings. The van der Waals surface area contributed by atoms with Crippen LogP contribution in [0.5, 0.6) is 0 Å². The van der Waals surface area contributed by atoms with E-state index in [0.717, 1.165) is 5.56 Å². The lowest BCUT2D eigenvalue weighted by Crippen LogP contribution is -2.24. The van der Waals surface area contributed by atoms with E-state index in [1.807, 2.05) is 31.2 Å². The van der Waals surface area contributed by atoms with E-state index in [-0.39, 0.29) is 17.1 Å². The normalized spacial score (nSPS) is 15.1. The van der Waals surface area contributed by atoms with Gasteiger partial charge in [-0.25, -0.2) is 9.59 Å². The summed E-state index contributed by atoms with van der Waals surface area (Å²) in [5.41, 5.74) is 3.70. The number of esters is 2. The molecule has 0 bridgehead atoms. The van der Waals surface area contributed by atoms with Crippen molar-refractivity contribution in [3.05, 3.63) is 82.1 Å². The van der Waals surface area contributed by atoms with Crippen molar-refractivity contribution in [2.24, 2.45) is 0 Å². The van der Waals surface area contributed by atoms with Crippen molar-refractivity contribution >= 4 is 29.6 Å². The first-order chi connectivity index (χ1) is 13.9. The third-order valence-corrected chi connectivity index (χ3v) is 4.69. The lowest BCUT2D eigenvalue weighted by molar-refractivity contribution is -0.136. The smallest absolute Gasteiger partial charge is 0.340 e. The Morgan fingerprint density at radius 1 is 0.931 bits per heavy atom. The fourth-order valence-corrected chi connectivity index (χ4v) is 3.26. The monoisotopic (exact) mass is 391 g/mol. The second-order valence-corrected chi connectivity index (χ2v) is 6.60. The highest BCUT2D eigenvalue weighted by atomic mass is 16.5. The summed E-state index contributed by atoms with van der Waals surface area (Å²) in [7, 11) is 2.59. The molecule has 1 aliphatic heterocycles. The fraction of sp³-hybridized carbons (Fsp3) is 0.174. The van der Waals surface area contributed by atoms with Crippen LogP contribution in [0.25, 0.3) is 6.08 Å². The minimum absolute atomic E-state index is 0.219. The Labute approximate surface area is 169 Å². The Bertz CT molecular complexity index is 1050. The van der Waals surface area contributed by atoms with Crippen molar-refractivity contribution in [1.29, 1.82) is 0 Å². The molecule has 0 aromatic heterocycles. The largest absolute Gasteiger partial charge is 0.465 e. The summed E-state index contributed by atoms with van der Waals surface area (Å²) >= 11 is 0. The number of carbonyl (C=O) groups is 3. The Kier molecular flexibility index (Phi) is 5.64. The summed E-state index contributed by atoms with van der Waals surface area (Å²) in [6, 6.07) is 14.1. The van der Waals surface area contributed by atoms with Crippen LogP contribution in [0.4, 0.5) is 5.69 Å². The molecule has 1 amide bonds. The summed E-state index contributed by atoms with van der Waals surface area (Å²) in [5, 5.41) is 0. The molecule has 2 aromatic rings. The van der Waals surface area contributed by atoms with Crippen molar-refractivity contribution in [2.45, 2.75) is 13.8 Å². The minimum atomic E-state index is -0.580. The lowest BCUT2D eigenvalue weighted by atomic mass is 10.0. The Balaban J connectivity index is 2.07. The molecule has 3 rings (SSSR count). The summed E-state index contributed by atoms with van der Waals surface area (Å²) in [6.07, 6.45) is 1.62. The van der Waals surface area contributed by atoms with E-state index >= 15 is 0 Å². The SMILES string of the molecule is COC(=O)C1=C(C)N(c2cccc(C)c2)C(=O)/C1=C\c1ccc(C(=O)OC)cc1.